The summed E-state index contributed by atoms with van der Waals surface area (Å²) in [5.41, 5.74) is 0.684. The van der Waals surface area contributed by atoms with Crippen LogP contribution in [0.25, 0.3) is 11.1 Å². The van der Waals surface area contributed by atoms with Gasteiger partial charge in [0.15, 0.2) is 0 Å². The normalized spacial score (nSPS) is 19.4. The van der Waals surface area contributed by atoms with Gasteiger partial charge in [0.25, 0.3) is 0 Å². The van der Waals surface area contributed by atoms with E-state index in [4.69, 9.17) is 16.7 Å². The topological polar surface area (TPSA) is 112 Å². The van der Waals surface area contributed by atoms with E-state index in [0.717, 1.165) is 21.0 Å². The molecule has 1 saturated carbocycles. The highest BCUT2D eigenvalue weighted by Gasteiger charge is 2.67. The van der Waals surface area contributed by atoms with Crippen LogP contribution in [-0.4, -0.2) is 47.0 Å². The molecule has 0 bridgehead atoms. The van der Waals surface area contributed by atoms with Crippen molar-refractivity contribution in [3.05, 3.63) is 89.4 Å². The summed E-state index contributed by atoms with van der Waals surface area (Å²) in [6.07, 6.45) is -0.164. The van der Waals surface area contributed by atoms with Gasteiger partial charge in [-0.05, 0) is 53.8 Å². The fourth-order valence-electron chi connectivity index (χ4n) is 4.45. The third-order valence-corrected chi connectivity index (χ3v) is 8.53. The van der Waals surface area contributed by atoms with Crippen LogP contribution in [0, 0.1) is 0 Å². The number of hydrogen-bond acceptors (Lipinski definition) is 4. The Morgan fingerprint density at radius 1 is 0.914 bits per heavy atom. The number of nitrogens with zero attached hydrogens (tertiary/aromatic N) is 1. The molecule has 1 aliphatic rings. The standard InChI is InChI=1S/C26H24ClNO6S/c27-21-12-8-18(9-13-21)19-10-14-22(15-11-19)35(33,34)28(16-4-7-24(29)30)26(25(31)32)17-23(26)20-5-2-1-3-6-20/h1-3,5-6,8-15,23H,4,7,16-17H2,(H,29,30)(H,31,32). The minimum atomic E-state index is -4.25. The number of benzene rings is 3. The SMILES string of the molecule is O=C(O)CCCN(C1(C(=O)O)CC1c1ccccc1)S(=O)(=O)c1ccc(-c2ccc(Cl)cc2)cc1. The monoisotopic (exact) mass is 513 g/mol. The van der Waals surface area contributed by atoms with Crippen LogP contribution < -0.4 is 0 Å². The first-order valence-corrected chi connectivity index (χ1v) is 12.9. The van der Waals surface area contributed by atoms with Crippen LogP contribution >= 0.6 is 11.6 Å². The Labute approximate surface area is 208 Å². The van der Waals surface area contributed by atoms with E-state index in [1.54, 1.807) is 54.6 Å². The predicted octanol–water partition coefficient (Wildman–Crippen LogP) is 4.87. The Balaban J connectivity index is 1.70. The molecular weight excluding hydrogens is 490 g/mol. The zero-order valence-corrected chi connectivity index (χ0v) is 20.2. The van der Waals surface area contributed by atoms with Crippen molar-refractivity contribution in [3.63, 3.8) is 0 Å². The maximum Gasteiger partial charge on any atom is 0.325 e. The third kappa shape index (κ3) is 4.96. The average Bonchev–Trinajstić information content (AvgIpc) is 3.59. The highest BCUT2D eigenvalue weighted by Crippen LogP contribution is 2.57. The van der Waals surface area contributed by atoms with Crippen LogP contribution in [0.2, 0.25) is 5.02 Å². The van der Waals surface area contributed by atoms with Gasteiger partial charge in [0.05, 0.1) is 4.90 Å². The number of hydrogen-bond donors (Lipinski definition) is 2. The van der Waals surface area contributed by atoms with Gasteiger partial charge in [0.2, 0.25) is 10.0 Å². The summed E-state index contributed by atoms with van der Waals surface area (Å²) in [6, 6.07) is 22.2. The van der Waals surface area contributed by atoms with Crippen LogP contribution in [0.3, 0.4) is 0 Å². The number of halogens is 1. The smallest absolute Gasteiger partial charge is 0.325 e. The molecule has 2 N–H and O–H groups in total. The number of rotatable bonds is 10. The number of carboxylic acids is 2. The Hall–Kier alpha value is -3.20. The molecule has 7 nitrogen and oxygen atoms in total. The molecule has 0 amide bonds. The molecule has 1 aliphatic carbocycles. The van der Waals surface area contributed by atoms with Crippen LogP contribution in [0.5, 0.6) is 0 Å². The van der Waals surface area contributed by atoms with E-state index in [0.29, 0.717) is 5.02 Å². The average molecular weight is 514 g/mol. The summed E-state index contributed by atoms with van der Waals surface area (Å²) in [7, 11) is -4.25. The summed E-state index contributed by atoms with van der Waals surface area (Å²) in [5, 5.41) is 19.9. The Kier molecular flexibility index (Phi) is 6.98. The second-order valence-electron chi connectivity index (χ2n) is 8.50. The molecule has 0 saturated heterocycles. The van der Waals surface area contributed by atoms with Gasteiger partial charge >= 0.3 is 11.9 Å². The Morgan fingerprint density at radius 3 is 2.03 bits per heavy atom. The molecule has 2 atom stereocenters. The van der Waals surface area contributed by atoms with Gasteiger partial charge in [-0.2, -0.15) is 4.31 Å². The van der Waals surface area contributed by atoms with Crippen LogP contribution in [0.1, 0.15) is 30.7 Å². The van der Waals surface area contributed by atoms with Gasteiger partial charge in [-0.1, -0.05) is 66.2 Å². The van der Waals surface area contributed by atoms with E-state index in [2.05, 4.69) is 0 Å². The van der Waals surface area contributed by atoms with Crippen molar-refractivity contribution in [1.29, 1.82) is 0 Å². The van der Waals surface area contributed by atoms with Crippen molar-refractivity contribution in [3.8, 4) is 11.1 Å². The molecule has 182 valence electrons. The minimum Gasteiger partial charge on any atom is -0.481 e. The fraction of sp³-hybridized carbons (Fsp3) is 0.231. The van der Waals surface area contributed by atoms with Gasteiger partial charge in [-0.3, -0.25) is 9.59 Å². The quantitative estimate of drug-likeness (QED) is 0.400. The van der Waals surface area contributed by atoms with E-state index in [9.17, 15) is 23.1 Å². The van der Waals surface area contributed by atoms with Gasteiger partial charge in [-0.25, -0.2) is 8.42 Å². The summed E-state index contributed by atoms with van der Waals surface area (Å²) < 4.78 is 28.5. The second kappa shape index (κ2) is 9.81. The first-order valence-electron chi connectivity index (χ1n) is 11.1. The van der Waals surface area contributed by atoms with Crippen molar-refractivity contribution in [1.82, 2.24) is 4.31 Å². The van der Waals surface area contributed by atoms with Crippen molar-refractivity contribution < 1.29 is 28.2 Å². The maximum atomic E-state index is 13.8. The number of carbonyl (C=O) groups is 2. The lowest BCUT2D eigenvalue weighted by molar-refractivity contribution is -0.143. The van der Waals surface area contributed by atoms with Gasteiger partial charge < -0.3 is 10.2 Å². The largest absolute Gasteiger partial charge is 0.481 e. The summed E-state index contributed by atoms with van der Waals surface area (Å²) in [4.78, 5) is 23.6. The van der Waals surface area contributed by atoms with Crippen LogP contribution in [-0.2, 0) is 19.6 Å². The number of aliphatic carboxylic acids is 2. The van der Waals surface area contributed by atoms with Crippen molar-refractivity contribution in [2.75, 3.05) is 6.54 Å². The Bertz CT molecular complexity index is 1330. The summed E-state index contributed by atoms with van der Waals surface area (Å²) in [6.45, 7) is -0.219. The van der Waals surface area contributed by atoms with Crippen molar-refractivity contribution >= 4 is 33.6 Å². The van der Waals surface area contributed by atoms with Crippen molar-refractivity contribution in [2.24, 2.45) is 0 Å². The molecule has 0 spiro atoms. The lowest BCUT2D eigenvalue weighted by Gasteiger charge is -2.29. The van der Waals surface area contributed by atoms with Gasteiger partial charge in [0, 0.05) is 23.9 Å². The molecule has 1 fully saturated rings. The van der Waals surface area contributed by atoms with Gasteiger partial charge in [0.1, 0.15) is 5.54 Å². The van der Waals surface area contributed by atoms with E-state index in [-0.39, 0.29) is 30.7 Å². The lowest BCUT2D eigenvalue weighted by atomic mass is 10.1. The molecular formula is C26H24ClNO6S. The fourth-order valence-corrected chi connectivity index (χ4v) is 6.39. The van der Waals surface area contributed by atoms with E-state index < -0.39 is 33.4 Å². The van der Waals surface area contributed by atoms with E-state index in [1.807, 2.05) is 12.1 Å². The number of sulfonamides is 1. The molecule has 4 rings (SSSR count). The highest BCUT2D eigenvalue weighted by molar-refractivity contribution is 7.89. The molecule has 35 heavy (non-hydrogen) atoms. The number of carboxylic acid groups (broad SMARTS) is 2. The van der Waals surface area contributed by atoms with Crippen LogP contribution in [0.15, 0.2) is 83.8 Å². The van der Waals surface area contributed by atoms with E-state index >= 15 is 0 Å². The highest BCUT2D eigenvalue weighted by atomic mass is 35.5. The molecule has 0 radical (unpaired) electrons. The zero-order chi connectivity index (χ0) is 25.2. The maximum absolute atomic E-state index is 13.8. The van der Waals surface area contributed by atoms with E-state index in [1.165, 1.54) is 12.1 Å². The third-order valence-electron chi connectivity index (χ3n) is 6.32. The first kappa shape index (κ1) is 24.9. The predicted molar refractivity (Wildman–Crippen MR) is 132 cm³/mol. The molecule has 0 heterocycles. The second-order valence-corrected chi connectivity index (χ2v) is 10.8. The minimum absolute atomic E-state index is 0.00599. The molecule has 3 aromatic rings. The first-order chi connectivity index (χ1) is 16.7. The molecule has 3 aromatic carbocycles. The summed E-state index contributed by atoms with van der Waals surface area (Å²) >= 11 is 5.94. The zero-order valence-electron chi connectivity index (χ0n) is 18.7. The Morgan fingerprint density at radius 2 is 1.49 bits per heavy atom. The van der Waals surface area contributed by atoms with Gasteiger partial charge in [-0.15, -0.1) is 0 Å². The summed E-state index contributed by atoms with van der Waals surface area (Å²) in [5.74, 6) is -2.85. The molecule has 9 heteroatoms. The molecule has 2 unspecified atom stereocenters. The lowest BCUT2D eigenvalue weighted by Crippen LogP contribution is -2.49. The molecule has 0 aromatic heterocycles. The van der Waals surface area contributed by atoms with Crippen molar-refractivity contribution in [2.45, 2.75) is 35.6 Å². The van der Waals surface area contributed by atoms with Crippen LogP contribution in [0.4, 0.5) is 0 Å². The molecule has 0 aliphatic heterocycles.